The van der Waals surface area contributed by atoms with E-state index in [-0.39, 0.29) is 29.9 Å². The van der Waals surface area contributed by atoms with Gasteiger partial charge in [-0.25, -0.2) is 9.18 Å². The van der Waals surface area contributed by atoms with E-state index in [1.54, 1.807) is 0 Å². The first-order chi connectivity index (χ1) is 11.5. The largest absolute Gasteiger partial charge is 0.488 e. The topological polar surface area (TPSA) is 88.7 Å². The van der Waals surface area contributed by atoms with Crippen molar-refractivity contribution >= 4 is 17.6 Å². The summed E-state index contributed by atoms with van der Waals surface area (Å²) in [6, 6.07) is 2.95. The van der Waals surface area contributed by atoms with Gasteiger partial charge in [-0.05, 0) is 24.5 Å². The molecule has 1 aromatic rings. The number of benzene rings is 1. The van der Waals surface area contributed by atoms with Gasteiger partial charge in [-0.1, -0.05) is 6.92 Å². The van der Waals surface area contributed by atoms with E-state index >= 15 is 0 Å². The van der Waals surface area contributed by atoms with E-state index in [1.807, 2.05) is 6.92 Å². The van der Waals surface area contributed by atoms with Gasteiger partial charge in [0.05, 0.1) is 6.61 Å². The number of halogens is 1. The maximum Gasteiger partial charge on any atom is 0.319 e. The number of ether oxygens (including phenoxy) is 2. The van der Waals surface area contributed by atoms with Crippen LogP contribution >= 0.6 is 0 Å². The van der Waals surface area contributed by atoms with Gasteiger partial charge in [0.25, 0.3) is 0 Å². The van der Waals surface area contributed by atoms with E-state index in [0.29, 0.717) is 13.2 Å². The molecule has 1 saturated heterocycles. The Balaban J connectivity index is 1.91. The summed E-state index contributed by atoms with van der Waals surface area (Å²) >= 11 is 0. The highest BCUT2D eigenvalue weighted by Crippen LogP contribution is 2.21. The molecule has 132 valence electrons. The van der Waals surface area contributed by atoms with Gasteiger partial charge in [-0.2, -0.15) is 0 Å². The third-order valence-electron chi connectivity index (χ3n) is 3.77. The van der Waals surface area contributed by atoms with Crippen LogP contribution in [0.15, 0.2) is 18.2 Å². The summed E-state index contributed by atoms with van der Waals surface area (Å²) in [4.78, 5) is 23.8. The number of rotatable bonds is 6. The molecule has 2 rings (SSSR count). The fourth-order valence-electron chi connectivity index (χ4n) is 2.40. The van der Waals surface area contributed by atoms with Gasteiger partial charge in [-0.15, -0.1) is 0 Å². The standard InChI is InChI=1S/C16H22FN3O4/c1-10-5-6-18-15(21)14(10)20-16(22)19-11-3-4-13(12(17)9-11)24-8-7-23-2/h3-4,9-10,14H,5-8H2,1-2H3,(H,18,21)(H2,19,20,22)/t10-,14+/m1/s1. The Bertz CT molecular complexity index is 597. The second kappa shape index (κ2) is 8.49. The normalized spacial score (nSPS) is 20.2. The van der Waals surface area contributed by atoms with Gasteiger partial charge in [-0.3, -0.25) is 4.79 Å². The zero-order chi connectivity index (χ0) is 17.5. The van der Waals surface area contributed by atoms with E-state index < -0.39 is 17.9 Å². The number of nitrogens with one attached hydrogen (secondary N) is 3. The van der Waals surface area contributed by atoms with Crippen molar-refractivity contribution < 1.29 is 23.5 Å². The number of carbonyl (C=O) groups excluding carboxylic acids is 2. The highest BCUT2D eigenvalue weighted by atomic mass is 19.1. The first kappa shape index (κ1) is 18.0. The van der Waals surface area contributed by atoms with Crippen LogP contribution in [0, 0.1) is 11.7 Å². The molecule has 3 amide bonds. The number of hydrogen-bond acceptors (Lipinski definition) is 4. The summed E-state index contributed by atoms with van der Waals surface area (Å²) < 4.78 is 23.9. The fourth-order valence-corrected chi connectivity index (χ4v) is 2.40. The minimum absolute atomic E-state index is 0.0396. The van der Waals surface area contributed by atoms with Crippen LogP contribution in [0.5, 0.6) is 5.75 Å². The number of carbonyl (C=O) groups is 2. The van der Waals surface area contributed by atoms with Gasteiger partial charge in [0, 0.05) is 25.4 Å². The molecule has 8 heteroatoms. The quantitative estimate of drug-likeness (QED) is 0.685. The average Bonchev–Trinajstić information content (AvgIpc) is 2.53. The van der Waals surface area contributed by atoms with E-state index in [9.17, 15) is 14.0 Å². The number of amides is 3. The van der Waals surface area contributed by atoms with Crippen LogP contribution in [0.4, 0.5) is 14.9 Å². The summed E-state index contributed by atoms with van der Waals surface area (Å²) in [5.74, 6) is -0.680. The van der Waals surface area contributed by atoms with Crippen LogP contribution in [-0.4, -0.2) is 44.8 Å². The molecule has 0 bridgehead atoms. The lowest BCUT2D eigenvalue weighted by Crippen LogP contribution is -2.55. The highest BCUT2D eigenvalue weighted by Gasteiger charge is 2.30. The molecule has 24 heavy (non-hydrogen) atoms. The molecular formula is C16H22FN3O4. The highest BCUT2D eigenvalue weighted by molar-refractivity contribution is 5.94. The molecular weight excluding hydrogens is 317 g/mol. The molecule has 1 heterocycles. The van der Waals surface area contributed by atoms with Crippen molar-refractivity contribution in [3.05, 3.63) is 24.0 Å². The van der Waals surface area contributed by atoms with Crippen LogP contribution in [0.1, 0.15) is 13.3 Å². The van der Waals surface area contributed by atoms with Gasteiger partial charge >= 0.3 is 6.03 Å². The maximum atomic E-state index is 13.9. The van der Waals surface area contributed by atoms with Crippen LogP contribution in [-0.2, 0) is 9.53 Å². The Hall–Kier alpha value is -2.35. The van der Waals surface area contributed by atoms with Crippen LogP contribution in [0.2, 0.25) is 0 Å². The minimum atomic E-state index is -0.597. The van der Waals surface area contributed by atoms with Crippen molar-refractivity contribution in [1.29, 1.82) is 0 Å². The van der Waals surface area contributed by atoms with E-state index in [2.05, 4.69) is 16.0 Å². The third-order valence-corrected chi connectivity index (χ3v) is 3.77. The van der Waals surface area contributed by atoms with Crippen molar-refractivity contribution in [2.24, 2.45) is 5.92 Å². The third kappa shape index (κ3) is 4.82. The first-order valence-corrected chi connectivity index (χ1v) is 7.77. The maximum absolute atomic E-state index is 13.9. The average molecular weight is 339 g/mol. The van der Waals surface area contributed by atoms with Crippen molar-refractivity contribution in [2.75, 3.05) is 32.2 Å². The van der Waals surface area contributed by atoms with Gasteiger partial charge in [0.1, 0.15) is 12.6 Å². The zero-order valence-electron chi connectivity index (χ0n) is 13.7. The molecule has 1 aliphatic rings. The molecule has 0 aliphatic carbocycles. The molecule has 0 aromatic heterocycles. The molecule has 0 spiro atoms. The van der Waals surface area contributed by atoms with Crippen LogP contribution < -0.4 is 20.7 Å². The van der Waals surface area contributed by atoms with Crippen LogP contribution in [0.3, 0.4) is 0 Å². The smallest absolute Gasteiger partial charge is 0.319 e. The summed E-state index contributed by atoms with van der Waals surface area (Å²) in [6.07, 6.45) is 0.791. The lowest BCUT2D eigenvalue weighted by atomic mass is 9.94. The van der Waals surface area contributed by atoms with Crippen molar-refractivity contribution in [1.82, 2.24) is 10.6 Å². The Morgan fingerprint density at radius 3 is 2.88 bits per heavy atom. The zero-order valence-corrected chi connectivity index (χ0v) is 13.7. The number of hydrogen-bond donors (Lipinski definition) is 3. The number of anilines is 1. The molecule has 7 nitrogen and oxygen atoms in total. The second-order valence-electron chi connectivity index (χ2n) is 5.62. The van der Waals surface area contributed by atoms with Crippen molar-refractivity contribution in [2.45, 2.75) is 19.4 Å². The summed E-state index contributed by atoms with van der Waals surface area (Å²) in [5.41, 5.74) is 0.271. The minimum Gasteiger partial charge on any atom is -0.488 e. The second-order valence-corrected chi connectivity index (χ2v) is 5.62. The molecule has 1 aromatic carbocycles. The van der Waals surface area contributed by atoms with Crippen LogP contribution in [0.25, 0.3) is 0 Å². The lowest BCUT2D eigenvalue weighted by Gasteiger charge is -2.28. The lowest BCUT2D eigenvalue weighted by molar-refractivity contribution is -0.125. The molecule has 0 radical (unpaired) electrons. The first-order valence-electron chi connectivity index (χ1n) is 7.77. The summed E-state index contributed by atoms with van der Waals surface area (Å²) in [6.45, 7) is 3.09. The molecule has 1 aliphatic heterocycles. The number of methoxy groups -OCH3 is 1. The Labute approximate surface area is 139 Å². The van der Waals surface area contributed by atoms with Gasteiger partial charge in [0.15, 0.2) is 11.6 Å². The fraction of sp³-hybridized carbons (Fsp3) is 0.500. The molecule has 1 fully saturated rings. The van der Waals surface area contributed by atoms with Gasteiger partial charge in [0.2, 0.25) is 5.91 Å². The Morgan fingerprint density at radius 1 is 1.42 bits per heavy atom. The molecule has 0 unspecified atom stereocenters. The molecule has 2 atom stereocenters. The monoisotopic (exact) mass is 339 g/mol. The Kier molecular flexibility index (Phi) is 6.36. The predicted octanol–water partition coefficient (Wildman–Crippen LogP) is 1.50. The van der Waals surface area contributed by atoms with Gasteiger partial charge < -0.3 is 25.4 Å². The predicted molar refractivity (Wildman–Crippen MR) is 86.5 cm³/mol. The number of urea groups is 1. The Morgan fingerprint density at radius 2 is 2.21 bits per heavy atom. The van der Waals surface area contributed by atoms with Crippen molar-refractivity contribution in [3.63, 3.8) is 0 Å². The number of piperidine rings is 1. The van der Waals surface area contributed by atoms with E-state index in [0.717, 1.165) is 12.5 Å². The van der Waals surface area contributed by atoms with E-state index in [1.165, 1.54) is 19.2 Å². The summed E-state index contributed by atoms with van der Waals surface area (Å²) in [7, 11) is 1.53. The van der Waals surface area contributed by atoms with Crippen molar-refractivity contribution in [3.8, 4) is 5.75 Å². The summed E-state index contributed by atoms with van der Waals surface area (Å²) in [5, 5.41) is 7.83. The molecule has 3 N–H and O–H groups in total. The molecule has 0 saturated carbocycles. The van der Waals surface area contributed by atoms with E-state index in [4.69, 9.17) is 9.47 Å². The SMILES string of the molecule is COCCOc1ccc(NC(=O)N[C@@H]2C(=O)NCC[C@H]2C)cc1F.